The molecule has 0 saturated carbocycles. The number of alkyl halides is 3. The van der Waals surface area contributed by atoms with Gasteiger partial charge in [-0.25, -0.2) is 0 Å². The second-order valence-electron chi connectivity index (χ2n) is 3.24. The van der Waals surface area contributed by atoms with Crippen molar-refractivity contribution in [1.29, 1.82) is 0 Å². The van der Waals surface area contributed by atoms with Crippen LogP contribution in [0.1, 0.15) is 5.56 Å². The molecule has 2 rings (SSSR count). The van der Waals surface area contributed by atoms with Gasteiger partial charge < -0.3 is 4.42 Å². The van der Waals surface area contributed by atoms with Gasteiger partial charge in [0.2, 0.25) is 5.43 Å². The molecule has 0 fully saturated rings. The topological polar surface area (TPSA) is 30.2 Å². The van der Waals surface area contributed by atoms with Crippen molar-refractivity contribution < 1.29 is 17.6 Å². The van der Waals surface area contributed by atoms with Gasteiger partial charge >= 0.3 is 6.18 Å². The quantitative estimate of drug-likeness (QED) is 0.728. The molecule has 0 aliphatic heterocycles. The summed E-state index contributed by atoms with van der Waals surface area (Å²) in [5.74, 6) is 0. The van der Waals surface area contributed by atoms with Crippen LogP contribution in [0.5, 0.6) is 0 Å². The summed E-state index contributed by atoms with van der Waals surface area (Å²) in [4.78, 5) is 11.6. The summed E-state index contributed by atoms with van der Waals surface area (Å²) in [6.45, 7) is 0. The van der Waals surface area contributed by atoms with Crippen molar-refractivity contribution in [1.82, 2.24) is 0 Å². The van der Waals surface area contributed by atoms with Crippen LogP contribution >= 0.6 is 23.2 Å². The van der Waals surface area contributed by atoms with E-state index >= 15 is 0 Å². The molecule has 0 aliphatic rings. The molecule has 0 unspecified atom stereocenters. The molecule has 0 aliphatic carbocycles. The molecule has 0 bridgehead atoms. The van der Waals surface area contributed by atoms with E-state index in [9.17, 15) is 18.0 Å². The SMILES string of the molecule is O=c1c(C(F)(F)F)coc2c(Cl)cc(Cl)cc12. The smallest absolute Gasteiger partial charge is 0.423 e. The van der Waals surface area contributed by atoms with Crippen LogP contribution in [-0.2, 0) is 6.18 Å². The van der Waals surface area contributed by atoms with Gasteiger partial charge in [-0.2, -0.15) is 13.2 Å². The molecule has 0 amide bonds. The zero-order valence-electron chi connectivity index (χ0n) is 7.94. The van der Waals surface area contributed by atoms with E-state index in [2.05, 4.69) is 0 Å². The van der Waals surface area contributed by atoms with Gasteiger partial charge in [0.15, 0.2) is 5.58 Å². The Kier molecular flexibility index (Phi) is 2.83. The molecule has 2 nitrogen and oxygen atoms in total. The highest BCUT2D eigenvalue weighted by Gasteiger charge is 2.35. The molecule has 2 aromatic rings. The number of hydrogen-bond acceptors (Lipinski definition) is 2. The maximum Gasteiger partial charge on any atom is 0.423 e. The molecule has 7 heteroatoms. The third-order valence-corrected chi connectivity index (χ3v) is 2.60. The van der Waals surface area contributed by atoms with Crippen LogP contribution < -0.4 is 5.43 Å². The Bertz CT molecular complexity index is 646. The minimum absolute atomic E-state index is 0.0154. The minimum atomic E-state index is -4.77. The van der Waals surface area contributed by atoms with Crippen molar-refractivity contribution in [3.8, 4) is 0 Å². The number of halogens is 5. The van der Waals surface area contributed by atoms with Gasteiger partial charge in [0.1, 0.15) is 11.8 Å². The summed E-state index contributed by atoms with van der Waals surface area (Å²) < 4.78 is 42.1. The highest BCUT2D eigenvalue weighted by atomic mass is 35.5. The predicted molar refractivity (Wildman–Crippen MR) is 57.5 cm³/mol. The Balaban J connectivity index is 2.90. The summed E-state index contributed by atoms with van der Waals surface area (Å²) >= 11 is 11.3. The molecule has 0 N–H and O–H groups in total. The maximum absolute atomic E-state index is 12.5. The summed E-state index contributed by atoms with van der Waals surface area (Å²) in [7, 11) is 0. The van der Waals surface area contributed by atoms with E-state index in [1.807, 2.05) is 0 Å². The normalized spacial score (nSPS) is 12.1. The number of benzene rings is 1. The second kappa shape index (κ2) is 3.92. The maximum atomic E-state index is 12.5. The number of rotatable bonds is 0. The lowest BCUT2D eigenvalue weighted by Gasteiger charge is -2.06. The lowest BCUT2D eigenvalue weighted by molar-refractivity contribution is -0.139. The standard InChI is InChI=1S/C10H3Cl2F3O2/c11-4-1-5-8(16)6(10(13,14)15)3-17-9(5)7(12)2-4/h1-3H. The third kappa shape index (κ3) is 2.12. The van der Waals surface area contributed by atoms with E-state index < -0.39 is 17.2 Å². The van der Waals surface area contributed by atoms with E-state index in [0.29, 0.717) is 6.26 Å². The Morgan fingerprint density at radius 2 is 1.82 bits per heavy atom. The summed E-state index contributed by atoms with van der Waals surface area (Å²) in [6, 6.07) is 2.37. The van der Waals surface area contributed by atoms with Crippen LogP contribution in [-0.4, -0.2) is 0 Å². The number of hydrogen-bond donors (Lipinski definition) is 0. The zero-order chi connectivity index (χ0) is 12.8. The Hall–Kier alpha value is -1.20. The molecule has 0 saturated heterocycles. The number of fused-ring (bicyclic) bond motifs is 1. The molecule has 1 heterocycles. The van der Waals surface area contributed by atoms with E-state index in [1.54, 1.807) is 0 Å². The molecule has 0 spiro atoms. The van der Waals surface area contributed by atoms with Crippen LogP contribution in [0.2, 0.25) is 10.0 Å². The van der Waals surface area contributed by atoms with Crippen molar-refractivity contribution in [2.24, 2.45) is 0 Å². The molecule has 0 atom stereocenters. The van der Waals surface area contributed by atoms with Gasteiger partial charge in [-0.15, -0.1) is 0 Å². The Labute approximate surface area is 103 Å². The fraction of sp³-hybridized carbons (Fsp3) is 0.100. The predicted octanol–water partition coefficient (Wildman–Crippen LogP) is 4.12. The van der Waals surface area contributed by atoms with E-state index in [-0.39, 0.29) is 21.0 Å². The first-order valence-electron chi connectivity index (χ1n) is 4.28. The molecule has 17 heavy (non-hydrogen) atoms. The van der Waals surface area contributed by atoms with Crippen LogP contribution in [0.3, 0.4) is 0 Å². The first-order valence-corrected chi connectivity index (χ1v) is 5.04. The van der Waals surface area contributed by atoms with Crippen molar-refractivity contribution in [2.75, 3.05) is 0 Å². The van der Waals surface area contributed by atoms with Gasteiger partial charge in [-0.05, 0) is 12.1 Å². The Morgan fingerprint density at radius 1 is 1.18 bits per heavy atom. The van der Waals surface area contributed by atoms with Crippen LogP contribution in [0, 0.1) is 0 Å². The monoisotopic (exact) mass is 282 g/mol. The fourth-order valence-electron chi connectivity index (χ4n) is 1.36. The Morgan fingerprint density at radius 3 is 2.41 bits per heavy atom. The van der Waals surface area contributed by atoms with E-state index in [4.69, 9.17) is 27.6 Å². The second-order valence-corrected chi connectivity index (χ2v) is 4.08. The van der Waals surface area contributed by atoms with Gasteiger partial charge in [0.25, 0.3) is 0 Å². The van der Waals surface area contributed by atoms with Gasteiger partial charge in [-0.1, -0.05) is 23.2 Å². The van der Waals surface area contributed by atoms with Gasteiger partial charge in [-0.3, -0.25) is 4.79 Å². The van der Waals surface area contributed by atoms with Crippen LogP contribution in [0.25, 0.3) is 11.0 Å². The zero-order valence-corrected chi connectivity index (χ0v) is 9.45. The molecule has 1 aromatic heterocycles. The van der Waals surface area contributed by atoms with E-state index in [1.165, 1.54) is 6.07 Å². The van der Waals surface area contributed by atoms with Crippen LogP contribution in [0.15, 0.2) is 27.6 Å². The van der Waals surface area contributed by atoms with Gasteiger partial charge in [0, 0.05) is 5.02 Å². The summed E-state index contributed by atoms with van der Waals surface area (Å²) in [5, 5.41) is -0.246. The van der Waals surface area contributed by atoms with Crippen molar-refractivity contribution in [3.05, 3.63) is 44.2 Å². The molecule has 1 aromatic carbocycles. The highest BCUT2D eigenvalue weighted by Crippen LogP contribution is 2.31. The summed E-state index contributed by atoms with van der Waals surface area (Å²) in [6.07, 6.45) is -4.42. The van der Waals surface area contributed by atoms with Crippen molar-refractivity contribution in [2.45, 2.75) is 6.18 Å². The summed E-state index contributed by atoms with van der Waals surface area (Å²) in [5.41, 5.74) is -2.71. The largest absolute Gasteiger partial charge is 0.462 e. The van der Waals surface area contributed by atoms with Crippen molar-refractivity contribution in [3.63, 3.8) is 0 Å². The fourth-order valence-corrected chi connectivity index (χ4v) is 1.90. The van der Waals surface area contributed by atoms with Crippen molar-refractivity contribution >= 4 is 34.2 Å². The first-order chi connectivity index (χ1) is 7.80. The average molecular weight is 283 g/mol. The van der Waals surface area contributed by atoms with Gasteiger partial charge in [0.05, 0.1) is 10.4 Å². The molecule has 90 valence electrons. The average Bonchev–Trinajstić information content (AvgIpc) is 2.17. The molecule has 0 radical (unpaired) electrons. The molecular formula is C10H3Cl2F3O2. The lowest BCUT2D eigenvalue weighted by atomic mass is 10.1. The minimum Gasteiger partial charge on any atom is -0.462 e. The third-order valence-electron chi connectivity index (χ3n) is 2.10. The highest BCUT2D eigenvalue weighted by molar-refractivity contribution is 6.38. The molecular weight excluding hydrogens is 280 g/mol. The van der Waals surface area contributed by atoms with E-state index in [0.717, 1.165) is 6.07 Å². The van der Waals surface area contributed by atoms with Crippen LogP contribution in [0.4, 0.5) is 13.2 Å². The lowest BCUT2D eigenvalue weighted by Crippen LogP contribution is -2.18. The first kappa shape index (κ1) is 12.3.